The maximum atomic E-state index is 14.0. The van der Waals surface area contributed by atoms with Crippen molar-refractivity contribution in [3.8, 4) is 17.3 Å². The van der Waals surface area contributed by atoms with Crippen molar-refractivity contribution >= 4 is 24.9 Å². The van der Waals surface area contributed by atoms with Gasteiger partial charge in [0.1, 0.15) is 12.3 Å². The molecule has 2 aromatic heterocycles. The van der Waals surface area contributed by atoms with Crippen molar-refractivity contribution in [2.45, 2.75) is 70.0 Å². The normalized spacial score (nSPS) is 18.5. The number of aliphatic hydroxyl groups excluding tert-OH is 1. The van der Waals surface area contributed by atoms with E-state index in [-0.39, 0.29) is 30.0 Å². The largest absolute Gasteiger partial charge is 0.419 e. The maximum Gasteiger partial charge on any atom is 0.419 e. The minimum Gasteiger partial charge on any atom is -0.391 e. The molecule has 1 saturated carbocycles. The Bertz CT molecular complexity index is 1280. The summed E-state index contributed by atoms with van der Waals surface area (Å²) < 4.78 is 49.6. The first-order valence-electron chi connectivity index (χ1n) is 12.0. The van der Waals surface area contributed by atoms with Gasteiger partial charge in [-0.2, -0.15) is 18.4 Å². The van der Waals surface area contributed by atoms with Crippen LogP contribution in [-0.4, -0.2) is 46.5 Å². The molecule has 2 heterocycles. The third-order valence-corrected chi connectivity index (χ3v) is 8.09. The van der Waals surface area contributed by atoms with Gasteiger partial charge in [0.2, 0.25) is 5.95 Å². The second-order valence-corrected chi connectivity index (χ2v) is 16.0. The summed E-state index contributed by atoms with van der Waals surface area (Å²) in [7, 11) is -1.31. The van der Waals surface area contributed by atoms with Crippen LogP contribution < -0.4 is 5.32 Å². The van der Waals surface area contributed by atoms with Crippen LogP contribution >= 0.6 is 0 Å². The van der Waals surface area contributed by atoms with Gasteiger partial charge in [-0.05, 0) is 37.4 Å². The zero-order chi connectivity index (χ0) is 26.1. The van der Waals surface area contributed by atoms with Crippen molar-refractivity contribution in [3.05, 3.63) is 41.7 Å². The first-order chi connectivity index (χ1) is 17.0. The van der Waals surface area contributed by atoms with E-state index in [1.165, 1.54) is 0 Å². The highest BCUT2D eigenvalue weighted by molar-refractivity contribution is 6.76. The van der Waals surface area contributed by atoms with Crippen molar-refractivity contribution in [2.75, 3.05) is 11.9 Å². The summed E-state index contributed by atoms with van der Waals surface area (Å²) in [6.07, 6.45) is -0.772. The van der Waals surface area contributed by atoms with Gasteiger partial charge in [-0.15, -0.1) is 0 Å². The number of hydrogen-bond acceptors (Lipinski definition) is 6. The summed E-state index contributed by atoms with van der Waals surface area (Å²) in [6, 6.07) is 7.58. The Morgan fingerprint density at radius 1 is 1.28 bits per heavy atom. The van der Waals surface area contributed by atoms with Gasteiger partial charge in [-0.3, -0.25) is 0 Å². The Morgan fingerprint density at radius 3 is 2.69 bits per heavy atom. The fourth-order valence-electron chi connectivity index (χ4n) is 4.34. The third-order valence-electron chi connectivity index (χ3n) is 6.38. The molecule has 0 saturated heterocycles. The Balaban J connectivity index is 1.77. The van der Waals surface area contributed by atoms with Crippen LogP contribution in [0, 0.1) is 11.3 Å². The molecule has 7 nitrogen and oxygen atoms in total. The highest BCUT2D eigenvalue weighted by Gasteiger charge is 2.37. The lowest BCUT2D eigenvalue weighted by molar-refractivity contribution is -0.137. The Hall–Kier alpha value is -2.94. The number of benzene rings is 1. The predicted molar refractivity (Wildman–Crippen MR) is 134 cm³/mol. The molecule has 11 heteroatoms. The van der Waals surface area contributed by atoms with Crippen LogP contribution in [0.4, 0.5) is 19.1 Å². The quantitative estimate of drug-likeness (QED) is 0.297. The summed E-state index contributed by atoms with van der Waals surface area (Å²) in [5, 5.41) is 23.0. The second-order valence-electron chi connectivity index (χ2n) is 10.4. The highest BCUT2D eigenvalue weighted by Crippen LogP contribution is 2.40. The van der Waals surface area contributed by atoms with Crippen molar-refractivity contribution in [2.24, 2.45) is 0 Å². The predicted octanol–water partition coefficient (Wildman–Crippen LogP) is 5.63. The fraction of sp³-hybridized carbons (Fsp3) is 0.480. The number of aromatic nitrogens is 3. The number of ether oxygens (including phenoxy) is 1. The van der Waals surface area contributed by atoms with Gasteiger partial charge < -0.3 is 19.7 Å². The van der Waals surface area contributed by atoms with Gasteiger partial charge in [-0.25, -0.2) is 9.97 Å². The van der Waals surface area contributed by atoms with Crippen molar-refractivity contribution in [1.29, 1.82) is 5.26 Å². The van der Waals surface area contributed by atoms with Crippen LogP contribution in [0.5, 0.6) is 0 Å². The second kappa shape index (κ2) is 10.2. The summed E-state index contributed by atoms with van der Waals surface area (Å²) in [5.41, 5.74) is 0.0375. The third kappa shape index (κ3) is 5.88. The topological polar surface area (TPSA) is 96.0 Å². The lowest BCUT2D eigenvalue weighted by atomic mass is 10.0. The lowest BCUT2D eigenvalue weighted by Gasteiger charge is -2.18. The molecule has 4 rings (SSSR count). The van der Waals surface area contributed by atoms with E-state index < -0.39 is 25.9 Å². The van der Waals surface area contributed by atoms with Crippen molar-refractivity contribution in [3.63, 3.8) is 0 Å². The number of nitrogens with one attached hydrogen (secondary N) is 1. The molecule has 3 aromatic rings. The number of fused-ring (bicyclic) bond motifs is 1. The molecule has 0 unspecified atom stereocenters. The SMILES string of the molecule is C[Si](C)(C)CCOCn1cc(-c2nc(N[C@H]3CCC[C@H]3O)ncc2C(F)(F)F)c2ccc(C#N)cc21. The average Bonchev–Trinajstić information content (AvgIpc) is 3.38. The number of alkyl halides is 3. The van der Waals surface area contributed by atoms with Gasteiger partial charge in [0.25, 0.3) is 0 Å². The van der Waals surface area contributed by atoms with Gasteiger partial charge >= 0.3 is 6.18 Å². The molecule has 1 aliphatic carbocycles. The van der Waals surface area contributed by atoms with Gasteiger partial charge in [0.15, 0.2) is 0 Å². The van der Waals surface area contributed by atoms with E-state index in [0.717, 1.165) is 18.7 Å². The van der Waals surface area contributed by atoms with Crippen LogP contribution in [0.3, 0.4) is 0 Å². The first kappa shape index (κ1) is 26.1. The first-order valence-corrected chi connectivity index (χ1v) is 15.7. The van der Waals surface area contributed by atoms with E-state index >= 15 is 0 Å². The number of nitrogens with zero attached hydrogens (tertiary/aromatic N) is 4. The minimum atomic E-state index is -4.67. The molecule has 1 fully saturated rings. The molecule has 192 valence electrons. The minimum absolute atomic E-state index is 0.0323. The Kier molecular flexibility index (Phi) is 7.40. The average molecular weight is 518 g/mol. The van der Waals surface area contributed by atoms with Crippen LogP contribution in [0.2, 0.25) is 25.7 Å². The van der Waals surface area contributed by atoms with Crippen LogP contribution in [0.25, 0.3) is 22.2 Å². The molecular weight excluding hydrogens is 487 g/mol. The van der Waals surface area contributed by atoms with E-state index in [2.05, 4.69) is 41.0 Å². The van der Waals surface area contributed by atoms with Gasteiger partial charge in [0.05, 0.1) is 35.0 Å². The highest BCUT2D eigenvalue weighted by atomic mass is 28.3. The van der Waals surface area contributed by atoms with E-state index in [4.69, 9.17) is 4.74 Å². The summed E-state index contributed by atoms with van der Waals surface area (Å²) in [6.45, 7) is 7.40. The van der Waals surface area contributed by atoms with Crippen molar-refractivity contribution in [1.82, 2.24) is 14.5 Å². The van der Waals surface area contributed by atoms with Gasteiger partial charge in [-0.1, -0.05) is 25.7 Å². The van der Waals surface area contributed by atoms with Crippen molar-refractivity contribution < 1.29 is 23.0 Å². The molecule has 0 bridgehead atoms. The number of nitriles is 1. The monoisotopic (exact) mass is 517 g/mol. The smallest absolute Gasteiger partial charge is 0.391 e. The summed E-state index contributed by atoms with van der Waals surface area (Å²) >= 11 is 0. The molecule has 0 spiro atoms. The lowest BCUT2D eigenvalue weighted by Crippen LogP contribution is -2.29. The zero-order valence-electron chi connectivity index (χ0n) is 20.6. The molecule has 1 aliphatic rings. The zero-order valence-corrected chi connectivity index (χ0v) is 21.6. The van der Waals surface area contributed by atoms with E-state index in [1.807, 2.05) is 0 Å². The maximum absolute atomic E-state index is 14.0. The summed E-state index contributed by atoms with van der Waals surface area (Å²) in [4.78, 5) is 8.18. The molecule has 0 radical (unpaired) electrons. The molecule has 36 heavy (non-hydrogen) atoms. The van der Waals surface area contributed by atoms with E-state index in [9.17, 15) is 23.5 Å². The van der Waals surface area contributed by atoms with Gasteiger partial charge in [0, 0.05) is 38.0 Å². The molecular formula is C25H30F3N5O2Si. The molecule has 0 aliphatic heterocycles. The molecule has 2 atom stereocenters. The molecule has 1 aromatic carbocycles. The number of rotatable bonds is 8. The molecule has 2 N–H and O–H groups in total. The summed E-state index contributed by atoms with van der Waals surface area (Å²) in [5.74, 6) is 0.0323. The standard InChI is InChI=1S/C25H30F3N5O2Si/c1-36(2,3)10-9-35-15-33-14-18(17-8-7-16(12-29)11-21(17)33)23-19(25(26,27)28)13-30-24(32-23)31-20-5-4-6-22(20)34/h7-8,11,13-14,20,22,34H,4-6,9-10,15H2,1-3H3,(H,30,31,32)/t20-,22+/m0/s1. The Morgan fingerprint density at radius 2 is 2.06 bits per heavy atom. The van der Waals surface area contributed by atoms with E-state index in [1.54, 1.807) is 29.0 Å². The van der Waals surface area contributed by atoms with E-state index in [0.29, 0.717) is 35.9 Å². The number of aliphatic hydroxyl groups is 1. The number of halogens is 3. The fourth-order valence-corrected chi connectivity index (χ4v) is 5.09. The molecule has 0 amide bonds. The van der Waals surface area contributed by atoms with Crippen LogP contribution in [0.1, 0.15) is 30.4 Å². The van der Waals surface area contributed by atoms with Crippen LogP contribution in [0.15, 0.2) is 30.6 Å². The number of hydrogen-bond donors (Lipinski definition) is 2. The van der Waals surface area contributed by atoms with Crippen LogP contribution in [-0.2, 0) is 17.6 Å². The number of anilines is 1. The Labute approximate surface area is 208 Å².